The number of aliphatic carboxylic acids is 1. The molecule has 8 nitrogen and oxygen atoms in total. The lowest BCUT2D eigenvalue weighted by Crippen LogP contribution is -2.12. The molecule has 0 radical (unpaired) electrons. The molecule has 2 N–H and O–H groups in total. The van der Waals surface area contributed by atoms with Crippen LogP contribution in [0.15, 0.2) is 48.5 Å². The second kappa shape index (κ2) is 15.2. The Hall–Kier alpha value is -3.04. The molecule has 0 amide bonds. The van der Waals surface area contributed by atoms with E-state index in [-0.39, 0.29) is 5.88 Å². The highest BCUT2D eigenvalue weighted by Crippen LogP contribution is 2.32. The maximum Gasteiger partial charge on any atom is 0.328 e. The molecule has 0 saturated carbocycles. The number of anilines is 1. The molecule has 2 aromatic carbocycles. The molecule has 0 aromatic heterocycles. The standard InChI is InChI=1S/C27H37NO7S/c1-4-6-15-34-26-18-22(23(19-27(29)30)14-16-33-5-2)9-12-25(26)35-17-13-21-7-10-24(11-8-21)28-20-36(3,31)32/h7-12,18-19,28H,4-6,13-17,20H2,1-3H3,(H,29,30)/b23-19-. The molecule has 2 aromatic rings. The van der Waals surface area contributed by atoms with Gasteiger partial charge >= 0.3 is 5.97 Å². The molecule has 36 heavy (non-hydrogen) atoms. The average molecular weight is 520 g/mol. The number of carboxylic acid groups (broad SMARTS) is 1. The first-order valence-electron chi connectivity index (χ1n) is 12.1. The fourth-order valence-electron chi connectivity index (χ4n) is 3.32. The maximum atomic E-state index is 11.4. The second-order valence-electron chi connectivity index (χ2n) is 8.36. The van der Waals surface area contributed by atoms with Crippen molar-refractivity contribution in [2.24, 2.45) is 0 Å². The molecular formula is C27H37NO7S. The molecule has 0 aliphatic heterocycles. The summed E-state index contributed by atoms with van der Waals surface area (Å²) in [4.78, 5) is 11.4. The number of ether oxygens (including phenoxy) is 3. The highest BCUT2D eigenvalue weighted by Gasteiger charge is 2.12. The summed E-state index contributed by atoms with van der Waals surface area (Å²) < 4.78 is 40.0. The summed E-state index contributed by atoms with van der Waals surface area (Å²) >= 11 is 0. The van der Waals surface area contributed by atoms with Gasteiger partial charge in [-0.3, -0.25) is 0 Å². The number of benzene rings is 2. The Morgan fingerprint density at radius 3 is 2.36 bits per heavy atom. The second-order valence-corrected chi connectivity index (χ2v) is 10.5. The lowest BCUT2D eigenvalue weighted by Gasteiger charge is -2.16. The van der Waals surface area contributed by atoms with E-state index in [0.717, 1.165) is 29.7 Å². The smallest absolute Gasteiger partial charge is 0.328 e. The number of carboxylic acids is 1. The van der Waals surface area contributed by atoms with Crippen molar-refractivity contribution in [2.75, 3.05) is 43.9 Å². The van der Waals surface area contributed by atoms with Gasteiger partial charge in [-0.1, -0.05) is 31.5 Å². The topological polar surface area (TPSA) is 111 Å². The number of hydrogen-bond donors (Lipinski definition) is 2. The lowest BCUT2D eigenvalue weighted by molar-refractivity contribution is -0.131. The van der Waals surface area contributed by atoms with E-state index in [9.17, 15) is 18.3 Å². The molecule has 0 bridgehead atoms. The minimum Gasteiger partial charge on any atom is -0.490 e. The van der Waals surface area contributed by atoms with Crippen LogP contribution in [0.3, 0.4) is 0 Å². The van der Waals surface area contributed by atoms with Gasteiger partial charge in [0.15, 0.2) is 21.3 Å². The lowest BCUT2D eigenvalue weighted by atomic mass is 10.0. The van der Waals surface area contributed by atoms with Crippen LogP contribution in [0.5, 0.6) is 11.5 Å². The SMILES string of the molecule is CCCCOc1cc(/C(=C\C(=O)O)CCOCC)ccc1OCCc1ccc(NCS(C)(=O)=O)cc1. The van der Waals surface area contributed by atoms with E-state index >= 15 is 0 Å². The van der Waals surface area contributed by atoms with Crippen molar-refractivity contribution in [3.05, 3.63) is 59.7 Å². The fraction of sp³-hybridized carbons (Fsp3) is 0.444. The minimum absolute atomic E-state index is 0.110. The summed E-state index contributed by atoms with van der Waals surface area (Å²) in [6, 6.07) is 13.0. The van der Waals surface area contributed by atoms with Gasteiger partial charge in [0, 0.05) is 31.0 Å². The van der Waals surface area contributed by atoms with Gasteiger partial charge in [0.2, 0.25) is 0 Å². The van der Waals surface area contributed by atoms with Crippen LogP contribution in [0.4, 0.5) is 5.69 Å². The molecule has 9 heteroatoms. The zero-order valence-corrected chi connectivity index (χ0v) is 22.1. The van der Waals surface area contributed by atoms with E-state index in [0.29, 0.717) is 56.3 Å². The number of carbonyl (C=O) groups is 1. The summed E-state index contributed by atoms with van der Waals surface area (Å²) in [5, 5.41) is 12.2. The van der Waals surface area contributed by atoms with Crippen molar-refractivity contribution in [2.45, 2.75) is 39.5 Å². The summed E-state index contributed by atoms with van der Waals surface area (Å²) in [6.07, 6.45) is 5.40. The van der Waals surface area contributed by atoms with E-state index < -0.39 is 15.8 Å². The van der Waals surface area contributed by atoms with Crippen molar-refractivity contribution in [1.29, 1.82) is 0 Å². The third-order valence-electron chi connectivity index (χ3n) is 5.23. The molecular weight excluding hydrogens is 482 g/mol. The van der Waals surface area contributed by atoms with Gasteiger partial charge in [0.1, 0.15) is 5.88 Å². The van der Waals surface area contributed by atoms with Crippen molar-refractivity contribution >= 4 is 27.1 Å². The van der Waals surface area contributed by atoms with E-state index in [4.69, 9.17) is 14.2 Å². The van der Waals surface area contributed by atoms with Crippen LogP contribution in [-0.4, -0.2) is 58.1 Å². The molecule has 0 aliphatic carbocycles. The zero-order valence-electron chi connectivity index (χ0n) is 21.3. The van der Waals surface area contributed by atoms with Crippen molar-refractivity contribution in [1.82, 2.24) is 0 Å². The molecule has 0 aliphatic rings. The minimum atomic E-state index is -3.09. The van der Waals surface area contributed by atoms with Gasteiger partial charge < -0.3 is 24.6 Å². The van der Waals surface area contributed by atoms with Crippen molar-refractivity contribution in [3.8, 4) is 11.5 Å². The third kappa shape index (κ3) is 11.1. The molecule has 0 saturated heterocycles. The predicted octanol–water partition coefficient (Wildman–Crippen LogP) is 4.80. The van der Waals surface area contributed by atoms with Crippen LogP contribution in [-0.2, 0) is 25.8 Å². The van der Waals surface area contributed by atoms with E-state index in [1.54, 1.807) is 0 Å². The maximum absolute atomic E-state index is 11.4. The Morgan fingerprint density at radius 1 is 1.00 bits per heavy atom. The van der Waals surface area contributed by atoms with Gasteiger partial charge in [0.05, 0.1) is 19.8 Å². The Morgan fingerprint density at radius 2 is 1.72 bits per heavy atom. The Balaban J connectivity index is 2.09. The van der Waals surface area contributed by atoms with Gasteiger partial charge in [-0.05, 0) is 60.7 Å². The highest BCUT2D eigenvalue weighted by molar-refractivity contribution is 7.90. The van der Waals surface area contributed by atoms with E-state index in [2.05, 4.69) is 12.2 Å². The quantitative estimate of drug-likeness (QED) is 0.227. The van der Waals surface area contributed by atoms with Gasteiger partial charge in [-0.25, -0.2) is 13.2 Å². The number of rotatable bonds is 17. The van der Waals surface area contributed by atoms with Crippen LogP contribution < -0.4 is 14.8 Å². The molecule has 0 unspecified atom stereocenters. The Kier molecular flexibility index (Phi) is 12.3. The number of nitrogens with one attached hydrogen (secondary N) is 1. The van der Waals surface area contributed by atoms with Gasteiger partial charge in [-0.15, -0.1) is 0 Å². The molecule has 0 heterocycles. The van der Waals surface area contributed by atoms with Crippen LogP contribution in [0.2, 0.25) is 0 Å². The Labute approximate surface area is 214 Å². The molecule has 0 atom stereocenters. The van der Waals surface area contributed by atoms with E-state index in [1.807, 2.05) is 49.4 Å². The van der Waals surface area contributed by atoms with Gasteiger partial charge in [0.25, 0.3) is 0 Å². The molecule has 0 spiro atoms. The molecule has 0 fully saturated rings. The first-order chi connectivity index (χ1) is 17.2. The van der Waals surface area contributed by atoms with Crippen molar-refractivity contribution < 1.29 is 32.5 Å². The number of hydrogen-bond acceptors (Lipinski definition) is 7. The summed E-state index contributed by atoms with van der Waals surface area (Å²) in [5.74, 6) is 0.0592. The van der Waals surface area contributed by atoms with Crippen LogP contribution in [0.1, 0.15) is 44.2 Å². The normalized spacial score (nSPS) is 11.8. The predicted molar refractivity (Wildman–Crippen MR) is 143 cm³/mol. The summed E-state index contributed by atoms with van der Waals surface area (Å²) in [5.41, 5.74) is 3.20. The molecule has 2 rings (SSSR count). The highest BCUT2D eigenvalue weighted by atomic mass is 32.2. The summed E-state index contributed by atoms with van der Waals surface area (Å²) in [7, 11) is -3.09. The van der Waals surface area contributed by atoms with Gasteiger partial charge in [-0.2, -0.15) is 0 Å². The summed E-state index contributed by atoms with van der Waals surface area (Å²) in [6.45, 7) is 5.94. The van der Waals surface area contributed by atoms with E-state index in [1.165, 1.54) is 12.3 Å². The number of sulfone groups is 1. The molecule has 198 valence electrons. The van der Waals surface area contributed by atoms with Crippen LogP contribution >= 0.6 is 0 Å². The average Bonchev–Trinajstić information content (AvgIpc) is 2.83. The third-order valence-corrected chi connectivity index (χ3v) is 5.90. The first-order valence-corrected chi connectivity index (χ1v) is 14.2. The Bertz CT molecular complexity index is 1100. The fourth-order valence-corrected chi connectivity index (χ4v) is 3.75. The zero-order chi connectivity index (χ0) is 26.4. The monoisotopic (exact) mass is 519 g/mol. The first kappa shape index (κ1) is 29.2. The van der Waals surface area contributed by atoms with Crippen LogP contribution in [0.25, 0.3) is 5.57 Å². The van der Waals surface area contributed by atoms with Crippen LogP contribution in [0, 0.1) is 0 Å². The number of unbranched alkanes of at least 4 members (excludes halogenated alkanes) is 1. The van der Waals surface area contributed by atoms with Crippen molar-refractivity contribution in [3.63, 3.8) is 0 Å². The largest absolute Gasteiger partial charge is 0.490 e.